The molecule has 19 heavy (non-hydrogen) atoms. The van der Waals surface area contributed by atoms with Crippen molar-refractivity contribution in [2.45, 2.75) is 24.0 Å². The van der Waals surface area contributed by atoms with Gasteiger partial charge in [-0.05, 0) is 12.8 Å². The molecule has 1 aliphatic heterocycles. The fourth-order valence-electron chi connectivity index (χ4n) is 4.47. The molecular formula is C16H12O3. The summed E-state index contributed by atoms with van der Waals surface area (Å²) in [5, 5.41) is 0. The normalized spacial score (nSPS) is 44.6. The maximum absolute atomic E-state index is 12.8. The van der Waals surface area contributed by atoms with E-state index in [1.807, 2.05) is 12.1 Å². The van der Waals surface area contributed by atoms with Crippen LogP contribution in [0, 0.1) is 11.8 Å². The van der Waals surface area contributed by atoms with Gasteiger partial charge in [0.15, 0.2) is 22.8 Å². The van der Waals surface area contributed by atoms with Crippen molar-refractivity contribution in [2.24, 2.45) is 11.8 Å². The highest BCUT2D eigenvalue weighted by atomic mass is 16.6. The van der Waals surface area contributed by atoms with E-state index in [1.165, 1.54) is 0 Å². The highest BCUT2D eigenvalue weighted by Crippen LogP contribution is 2.69. The van der Waals surface area contributed by atoms with Crippen LogP contribution in [0.2, 0.25) is 0 Å². The maximum Gasteiger partial charge on any atom is 0.199 e. The van der Waals surface area contributed by atoms with E-state index in [4.69, 9.17) is 4.74 Å². The Morgan fingerprint density at radius 3 is 1.79 bits per heavy atom. The summed E-state index contributed by atoms with van der Waals surface area (Å²) in [5.41, 5.74) is -0.644. The van der Waals surface area contributed by atoms with E-state index in [9.17, 15) is 9.59 Å². The van der Waals surface area contributed by atoms with E-state index in [-0.39, 0.29) is 23.4 Å². The zero-order valence-electron chi connectivity index (χ0n) is 10.3. The Morgan fingerprint density at radius 2 is 1.37 bits per heavy atom. The van der Waals surface area contributed by atoms with Crippen LogP contribution < -0.4 is 0 Å². The molecule has 4 atom stereocenters. The van der Waals surface area contributed by atoms with Crippen LogP contribution >= 0.6 is 0 Å². The lowest BCUT2D eigenvalue weighted by molar-refractivity contribution is 0.0735. The van der Waals surface area contributed by atoms with Gasteiger partial charge < -0.3 is 4.74 Å². The molecule has 2 fully saturated rings. The topological polar surface area (TPSA) is 46.7 Å². The SMILES string of the molecule is O=C1c2ccccc2C(=O)[C@@]23O[C@@]12[C@H]1C=C[C@@H]3CC1. The molecule has 3 nitrogen and oxygen atoms in total. The summed E-state index contributed by atoms with van der Waals surface area (Å²) < 4.78 is 5.95. The second-order valence-electron chi connectivity index (χ2n) is 5.95. The standard InChI is InChI=1S/C16H12O3/c17-13-11-3-1-2-4-12(11)14(18)16-10-7-5-9(6-8-10)15(13,16)19-16/h1-5,7,9-10H,6,8H2/t9-,10+,15-,16+. The number of rotatable bonds is 0. The number of benzene rings is 1. The number of fused-ring (bicyclic) bond motifs is 2. The summed E-state index contributed by atoms with van der Waals surface area (Å²) in [7, 11) is 0. The predicted molar refractivity (Wildman–Crippen MR) is 67.0 cm³/mol. The van der Waals surface area contributed by atoms with Gasteiger partial charge in [-0.1, -0.05) is 36.4 Å². The van der Waals surface area contributed by atoms with Crippen molar-refractivity contribution in [1.29, 1.82) is 0 Å². The summed E-state index contributed by atoms with van der Waals surface area (Å²) in [4.78, 5) is 25.7. The summed E-state index contributed by atoms with van der Waals surface area (Å²) in [6, 6.07) is 7.13. The van der Waals surface area contributed by atoms with E-state index in [0.29, 0.717) is 11.1 Å². The van der Waals surface area contributed by atoms with Crippen molar-refractivity contribution in [1.82, 2.24) is 0 Å². The van der Waals surface area contributed by atoms with Crippen LogP contribution in [0.15, 0.2) is 36.4 Å². The van der Waals surface area contributed by atoms with Crippen molar-refractivity contribution >= 4 is 11.6 Å². The van der Waals surface area contributed by atoms with Crippen LogP contribution in [-0.4, -0.2) is 22.8 Å². The monoisotopic (exact) mass is 252 g/mol. The fraction of sp³-hybridized carbons (Fsp3) is 0.375. The van der Waals surface area contributed by atoms with Crippen molar-refractivity contribution in [3.8, 4) is 0 Å². The molecule has 94 valence electrons. The minimum Gasteiger partial charge on any atom is -0.344 e. The van der Waals surface area contributed by atoms with Crippen LogP contribution in [-0.2, 0) is 4.74 Å². The van der Waals surface area contributed by atoms with Crippen LogP contribution in [0.3, 0.4) is 0 Å². The first-order valence-corrected chi connectivity index (χ1v) is 6.79. The molecule has 5 aliphatic rings. The third kappa shape index (κ3) is 0.801. The third-order valence-electron chi connectivity index (χ3n) is 5.33. The molecule has 0 amide bonds. The van der Waals surface area contributed by atoms with Crippen LogP contribution in [0.25, 0.3) is 0 Å². The minimum atomic E-state index is -0.865. The molecular weight excluding hydrogens is 240 g/mol. The molecule has 0 radical (unpaired) electrons. The Hall–Kier alpha value is -1.74. The molecule has 6 rings (SSSR count). The number of Topliss-reactive ketones (excluding diaryl/α,β-unsaturated/α-hetero) is 2. The van der Waals surface area contributed by atoms with E-state index in [1.54, 1.807) is 12.1 Å². The maximum atomic E-state index is 12.8. The van der Waals surface area contributed by atoms with E-state index in [0.717, 1.165) is 12.8 Å². The number of ether oxygens (including phenoxy) is 1. The van der Waals surface area contributed by atoms with Gasteiger partial charge in [-0.3, -0.25) is 9.59 Å². The third-order valence-corrected chi connectivity index (χ3v) is 5.33. The molecule has 3 heteroatoms. The second-order valence-corrected chi connectivity index (χ2v) is 5.95. The van der Waals surface area contributed by atoms with Gasteiger partial charge in [-0.15, -0.1) is 0 Å². The summed E-state index contributed by atoms with van der Waals surface area (Å²) in [6.45, 7) is 0. The number of carbonyl (C=O) groups is 2. The molecule has 1 aromatic rings. The Bertz CT molecular complexity index is 632. The van der Waals surface area contributed by atoms with Crippen molar-refractivity contribution < 1.29 is 14.3 Å². The van der Waals surface area contributed by atoms with Gasteiger partial charge in [0.2, 0.25) is 0 Å². The molecule has 4 aliphatic carbocycles. The lowest BCUT2D eigenvalue weighted by Gasteiger charge is -2.40. The van der Waals surface area contributed by atoms with E-state index >= 15 is 0 Å². The Kier molecular flexibility index (Phi) is 1.45. The second kappa shape index (κ2) is 2.73. The smallest absolute Gasteiger partial charge is 0.199 e. The van der Waals surface area contributed by atoms with E-state index in [2.05, 4.69) is 12.2 Å². The molecule has 1 saturated heterocycles. The highest BCUT2D eigenvalue weighted by Gasteiger charge is 2.86. The van der Waals surface area contributed by atoms with Gasteiger partial charge in [0.05, 0.1) is 0 Å². The quantitative estimate of drug-likeness (QED) is 0.525. The van der Waals surface area contributed by atoms with Gasteiger partial charge in [-0.2, -0.15) is 0 Å². The van der Waals surface area contributed by atoms with Gasteiger partial charge in [0.25, 0.3) is 0 Å². The fourth-order valence-corrected chi connectivity index (χ4v) is 4.47. The zero-order valence-corrected chi connectivity index (χ0v) is 10.3. The number of carbonyl (C=O) groups excluding carboxylic acids is 2. The van der Waals surface area contributed by atoms with Gasteiger partial charge in [0, 0.05) is 23.0 Å². The Morgan fingerprint density at radius 1 is 0.895 bits per heavy atom. The lowest BCUT2D eigenvalue weighted by Crippen LogP contribution is -2.56. The first-order chi connectivity index (χ1) is 9.22. The van der Waals surface area contributed by atoms with E-state index < -0.39 is 11.2 Å². The van der Waals surface area contributed by atoms with Crippen LogP contribution in [0.5, 0.6) is 0 Å². The Balaban J connectivity index is 1.84. The van der Waals surface area contributed by atoms with Crippen molar-refractivity contribution in [3.63, 3.8) is 0 Å². The molecule has 2 bridgehead atoms. The first-order valence-electron chi connectivity index (χ1n) is 6.79. The summed E-state index contributed by atoms with van der Waals surface area (Å²) >= 11 is 0. The van der Waals surface area contributed by atoms with Crippen LogP contribution in [0.1, 0.15) is 33.6 Å². The zero-order chi connectivity index (χ0) is 12.8. The summed E-state index contributed by atoms with van der Waals surface area (Å²) in [6.07, 6.45) is 6.06. The number of hydrogen-bond donors (Lipinski definition) is 0. The predicted octanol–water partition coefficient (Wildman–Crippen LogP) is 2.17. The summed E-state index contributed by atoms with van der Waals surface area (Å²) in [5.74, 6) is 0.174. The van der Waals surface area contributed by atoms with Crippen molar-refractivity contribution in [2.75, 3.05) is 0 Å². The molecule has 0 unspecified atom stereocenters. The average Bonchev–Trinajstić information content (AvgIpc) is 3.22. The molecule has 1 saturated carbocycles. The Labute approximate surface area is 110 Å². The minimum absolute atomic E-state index is 0.0155. The van der Waals surface area contributed by atoms with Crippen LogP contribution in [0.4, 0.5) is 0 Å². The molecule has 0 N–H and O–H groups in total. The lowest BCUT2D eigenvalue weighted by atomic mass is 9.56. The van der Waals surface area contributed by atoms with Gasteiger partial charge in [-0.25, -0.2) is 0 Å². The van der Waals surface area contributed by atoms with Gasteiger partial charge in [0.1, 0.15) is 0 Å². The molecule has 1 heterocycles. The molecule has 1 aromatic carbocycles. The number of ketones is 2. The largest absolute Gasteiger partial charge is 0.344 e. The molecule has 0 spiro atoms. The highest BCUT2D eigenvalue weighted by molar-refractivity contribution is 6.26. The van der Waals surface area contributed by atoms with Crippen molar-refractivity contribution in [3.05, 3.63) is 47.5 Å². The average molecular weight is 252 g/mol. The first kappa shape index (κ1) is 10.1. The molecule has 0 aromatic heterocycles. The number of hydrogen-bond acceptors (Lipinski definition) is 3. The van der Waals surface area contributed by atoms with Gasteiger partial charge >= 0.3 is 0 Å². The number of epoxide rings is 1.